The maximum atomic E-state index is 5.68. The Morgan fingerprint density at radius 1 is 1.00 bits per heavy atom. The Morgan fingerprint density at radius 3 is 2.44 bits per heavy atom. The summed E-state index contributed by atoms with van der Waals surface area (Å²) in [5.74, 6) is 1.97. The van der Waals surface area contributed by atoms with Gasteiger partial charge in [-0.05, 0) is 43.2 Å². The molecule has 2 N–H and O–H groups in total. The van der Waals surface area contributed by atoms with Crippen LogP contribution in [0.5, 0.6) is 11.5 Å². The van der Waals surface area contributed by atoms with E-state index >= 15 is 0 Å². The van der Waals surface area contributed by atoms with Crippen molar-refractivity contribution in [1.29, 1.82) is 0 Å². The van der Waals surface area contributed by atoms with E-state index in [1.807, 2.05) is 32.0 Å². The predicted octanol–water partition coefficient (Wildman–Crippen LogP) is 2.07. The second-order valence-corrected chi connectivity index (χ2v) is 4.32. The summed E-state index contributed by atoms with van der Waals surface area (Å²) >= 11 is 0. The van der Waals surface area contributed by atoms with Crippen molar-refractivity contribution in [2.45, 2.75) is 13.8 Å². The first kappa shape index (κ1) is 10.8. The molecule has 2 aromatic rings. The van der Waals surface area contributed by atoms with Crippen LogP contribution >= 0.6 is 0 Å². The fourth-order valence-electron chi connectivity index (χ4n) is 1.95. The van der Waals surface area contributed by atoms with Gasteiger partial charge in [-0.2, -0.15) is 0 Å². The normalized spacial score (nSPS) is 12.8. The van der Waals surface area contributed by atoms with Gasteiger partial charge in [0.1, 0.15) is 5.82 Å². The van der Waals surface area contributed by atoms with Crippen molar-refractivity contribution in [1.82, 2.24) is 10.2 Å². The van der Waals surface area contributed by atoms with Gasteiger partial charge in [-0.3, -0.25) is 0 Å². The van der Waals surface area contributed by atoms with Crippen molar-refractivity contribution < 1.29 is 9.47 Å². The standard InChI is InChI=1S/C13H13N3O2/c1-7-4-11-12(18-6-17-11)5-9(7)10-3-8(2)13(14)16-15-10/h3-5H,6H2,1-2H3,(H2,14,16). The van der Waals surface area contributed by atoms with Gasteiger partial charge in [0.15, 0.2) is 11.5 Å². The molecule has 3 rings (SSSR count). The van der Waals surface area contributed by atoms with E-state index in [4.69, 9.17) is 15.2 Å². The quantitative estimate of drug-likeness (QED) is 0.830. The summed E-state index contributed by atoms with van der Waals surface area (Å²) in [4.78, 5) is 0. The van der Waals surface area contributed by atoms with Gasteiger partial charge in [0.05, 0.1) is 5.69 Å². The Bertz CT molecular complexity index is 626. The Morgan fingerprint density at radius 2 is 1.72 bits per heavy atom. The molecule has 0 aliphatic carbocycles. The lowest BCUT2D eigenvalue weighted by Crippen LogP contribution is -1.98. The lowest BCUT2D eigenvalue weighted by molar-refractivity contribution is 0.174. The molecule has 0 fully saturated rings. The third kappa shape index (κ3) is 1.64. The number of nitrogens with two attached hydrogens (primary N) is 1. The molecule has 1 aliphatic heterocycles. The Kier molecular flexibility index (Phi) is 2.33. The average molecular weight is 243 g/mol. The van der Waals surface area contributed by atoms with E-state index in [-0.39, 0.29) is 6.79 Å². The van der Waals surface area contributed by atoms with Crippen molar-refractivity contribution in [3.8, 4) is 22.8 Å². The number of aromatic nitrogens is 2. The first-order chi connectivity index (χ1) is 8.65. The molecule has 1 aromatic heterocycles. The van der Waals surface area contributed by atoms with Crippen LogP contribution in [0.1, 0.15) is 11.1 Å². The number of hydrogen-bond donors (Lipinski definition) is 1. The van der Waals surface area contributed by atoms with E-state index in [1.54, 1.807) is 0 Å². The highest BCUT2D eigenvalue weighted by atomic mass is 16.7. The maximum absolute atomic E-state index is 5.68. The maximum Gasteiger partial charge on any atom is 0.231 e. The van der Waals surface area contributed by atoms with Crippen molar-refractivity contribution in [3.63, 3.8) is 0 Å². The SMILES string of the molecule is Cc1cc2c(cc1-c1cc(C)c(N)nn1)OCO2. The number of ether oxygens (including phenoxy) is 2. The molecule has 0 saturated heterocycles. The van der Waals surface area contributed by atoms with Crippen LogP contribution in [-0.2, 0) is 0 Å². The van der Waals surface area contributed by atoms with E-state index in [9.17, 15) is 0 Å². The number of benzene rings is 1. The van der Waals surface area contributed by atoms with Gasteiger partial charge in [0.2, 0.25) is 6.79 Å². The van der Waals surface area contributed by atoms with Gasteiger partial charge >= 0.3 is 0 Å². The van der Waals surface area contributed by atoms with E-state index < -0.39 is 0 Å². The summed E-state index contributed by atoms with van der Waals surface area (Å²) in [5, 5.41) is 8.07. The van der Waals surface area contributed by atoms with Crippen LogP contribution < -0.4 is 15.2 Å². The Labute approximate surface area is 105 Å². The van der Waals surface area contributed by atoms with Crippen molar-refractivity contribution in [3.05, 3.63) is 29.3 Å². The zero-order valence-electron chi connectivity index (χ0n) is 10.2. The molecule has 1 aliphatic rings. The molecule has 0 amide bonds. The van der Waals surface area contributed by atoms with Crippen LogP contribution in [0.2, 0.25) is 0 Å². The minimum absolute atomic E-state index is 0.269. The molecule has 18 heavy (non-hydrogen) atoms. The first-order valence-corrected chi connectivity index (χ1v) is 5.65. The second-order valence-electron chi connectivity index (χ2n) is 4.32. The first-order valence-electron chi connectivity index (χ1n) is 5.65. The molecule has 0 bridgehead atoms. The monoisotopic (exact) mass is 243 g/mol. The van der Waals surface area contributed by atoms with Gasteiger partial charge in [0.25, 0.3) is 0 Å². The fraction of sp³-hybridized carbons (Fsp3) is 0.231. The van der Waals surface area contributed by atoms with E-state index in [0.717, 1.165) is 33.9 Å². The number of hydrogen-bond acceptors (Lipinski definition) is 5. The van der Waals surface area contributed by atoms with Crippen LogP contribution in [0.25, 0.3) is 11.3 Å². The molecule has 0 radical (unpaired) electrons. The number of nitrogens with zero attached hydrogens (tertiary/aromatic N) is 2. The van der Waals surface area contributed by atoms with Gasteiger partial charge in [-0.1, -0.05) is 0 Å². The summed E-state index contributed by atoms with van der Waals surface area (Å²) in [6.07, 6.45) is 0. The average Bonchev–Trinajstić information content (AvgIpc) is 2.79. The highest BCUT2D eigenvalue weighted by molar-refractivity contribution is 5.69. The minimum atomic E-state index is 0.269. The summed E-state index contributed by atoms with van der Waals surface area (Å²) in [6, 6.07) is 5.80. The molecule has 92 valence electrons. The van der Waals surface area contributed by atoms with Gasteiger partial charge in [0, 0.05) is 5.56 Å². The lowest BCUT2D eigenvalue weighted by Gasteiger charge is -2.07. The number of aryl methyl sites for hydroxylation is 2. The molecule has 0 spiro atoms. The van der Waals surface area contributed by atoms with Crippen LogP contribution in [-0.4, -0.2) is 17.0 Å². The minimum Gasteiger partial charge on any atom is -0.454 e. The largest absolute Gasteiger partial charge is 0.454 e. The smallest absolute Gasteiger partial charge is 0.231 e. The van der Waals surface area contributed by atoms with Crippen molar-refractivity contribution in [2.24, 2.45) is 0 Å². The van der Waals surface area contributed by atoms with Crippen LogP contribution in [0.3, 0.4) is 0 Å². The summed E-state index contributed by atoms with van der Waals surface area (Å²) < 4.78 is 10.7. The molecule has 0 atom stereocenters. The number of rotatable bonds is 1. The number of fused-ring (bicyclic) bond motifs is 1. The van der Waals surface area contributed by atoms with Crippen LogP contribution in [0.4, 0.5) is 5.82 Å². The molecule has 0 saturated carbocycles. The molecule has 2 heterocycles. The molecular weight excluding hydrogens is 230 g/mol. The van der Waals surface area contributed by atoms with Gasteiger partial charge in [-0.25, -0.2) is 0 Å². The summed E-state index contributed by atoms with van der Waals surface area (Å²) in [5.41, 5.74) is 9.43. The topological polar surface area (TPSA) is 70.3 Å². The van der Waals surface area contributed by atoms with Crippen LogP contribution in [0, 0.1) is 13.8 Å². The molecular formula is C13H13N3O2. The number of anilines is 1. The third-order valence-electron chi connectivity index (χ3n) is 3.02. The lowest BCUT2D eigenvalue weighted by atomic mass is 10.0. The fourth-order valence-corrected chi connectivity index (χ4v) is 1.95. The second kappa shape index (κ2) is 3.87. The van der Waals surface area contributed by atoms with Crippen LogP contribution in [0.15, 0.2) is 18.2 Å². The predicted molar refractivity (Wildman–Crippen MR) is 67.5 cm³/mol. The van der Waals surface area contributed by atoms with E-state index in [1.165, 1.54) is 0 Å². The Hall–Kier alpha value is -2.30. The molecule has 5 nitrogen and oxygen atoms in total. The van der Waals surface area contributed by atoms with Gasteiger partial charge < -0.3 is 15.2 Å². The third-order valence-corrected chi connectivity index (χ3v) is 3.02. The van der Waals surface area contributed by atoms with E-state index in [2.05, 4.69) is 10.2 Å². The molecule has 5 heteroatoms. The van der Waals surface area contributed by atoms with Crippen molar-refractivity contribution in [2.75, 3.05) is 12.5 Å². The highest BCUT2D eigenvalue weighted by Crippen LogP contribution is 2.38. The number of nitrogen functional groups attached to an aromatic ring is 1. The molecule has 1 aromatic carbocycles. The molecule has 0 unspecified atom stereocenters. The summed E-state index contributed by atoms with van der Waals surface area (Å²) in [6.45, 7) is 4.19. The highest BCUT2D eigenvalue weighted by Gasteiger charge is 2.17. The Balaban J connectivity index is 2.14. The van der Waals surface area contributed by atoms with Gasteiger partial charge in [-0.15, -0.1) is 10.2 Å². The van der Waals surface area contributed by atoms with E-state index in [0.29, 0.717) is 5.82 Å². The zero-order valence-corrected chi connectivity index (χ0v) is 10.2. The zero-order chi connectivity index (χ0) is 12.7. The summed E-state index contributed by atoms with van der Waals surface area (Å²) in [7, 11) is 0. The van der Waals surface area contributed by atoms with Crippen molar-refractivity contribution >= 4 is 5.82 Å².